The number of carbonyl (C=O) groups is 2. The van der Waals surface area contributed by atoms with Crippen LogP contribution in [-0.2, 0) is 16.1 Å². The highest BCUT2D eigenvalue weighted by Crippen LogP contribution is 2.45. The fraction of sp³-hybridized carbons (Fsp3) is 0.500. The molecule has 3 saturated heterocycles. The molecule has 2 N–H and O–H groups in total. The van der Waals surface area contributed by atoms with E-state index in [-0.39, 0.29) is 89.8 Å². The predicted octanol–water partition coefficient (Wildman–Crippen LogP) is 4.70. The number of hydrogen-bond donors (Lipinski definition) is 2. The Morgan fingerprint density at radius 2 is 2.02 bits per heavy atom. The molecular formula is C40H46F2N6O7. The zero-order valence-corrected chi connectivity index (χ0v) is 31.3. The summed E-state index contributed by atoms with van der Waals surface area (Å²) in [5, 5.41) is 23.0. The van der Waals surface area contributed by atoms with E-state index in [2.05, 4.69) is 12.5 Å². The van der Waals surface area contributed by atoms with Gasteiger partial charge < -0.3 is 34.2 Å². The molecule has 0 spiro atoms. The second-order valence-corrected chi connectivity index (χ2v) is 15.3. The molecule has 3 fully saturated rings. The van der Waals surface area contributed by atoms with Crippen molar-refractivity contribution >= 4 is 34.3 Å². The highest BCUT2D eigenvalue weighted by Gasteiger charge is 2.57. The number of aromatic hydroxyl groups is 1. The highest BCUT2D eigenvalue weighted by atomic mass is 19.1. The number of benzene rings is 2. The van der Waals surface area contributed by atoms with Crippen LogP contribution in [0.2, 0.25) is 0 Å². The normalized spacial score (nSPS) is 23.4. The van der Waals surface area contributed by atoms with Crippen LogP contribution in [0.5, 0.6) is 17.5 Å². The number of amides is 2. The SMILES string of the molecule is C#Cc1c(F)ccc2cc(O)cc(N3Cc4nc(OC[C@]5(C(C)(C)O)C[C@@H](F)CN5C5CCOCC5)nc(N(C)C[C@@H]5CCCN5C(=O)C=C)c4OC3=O)c12. The molecule has 55 heavy (non-hydrogen) atoms. The molecule has 2 amide bonds. The minimum absolute atomic E-state index is 0.0183. The minimum Gasteiger partial charge on any atom is -0.508 e. The Labute approximate surface area is 318 Å². The van der Waals surface area contributed by atoms with Crippen LogP contribution < -0.4 is 19.3 Å². The van der Waals surface area contributed by atoms with Crippen molar-refractivity contribution in [3.05, 3.63) is 54.0 Å². The lowest BCUT2D eigenvalue weighted by atomic mass is 9.79. The summed E-state index contributed by atoms with van der Waals surface area (Å²) < 4.78 is 48.4. The number of phenolic OH excluding ortho intramolecular Hbond substituents is 1. The molecule has 2 aromatic carbocycles. The Balaban J connectivity index is 1.29. The van der Waals surface area contributed by atoms with Gasteiger partial charge in [0, 0.05) is 69.9 Å². The van der Waals surface area contributed by atoms with Crippen molar-refractivity contribution in [1.29, 1.82) is 0 Å². The van der Waals surface area contributed by atoms with Crippen LogP contribution in [0.4, 0.5) is 25.1 Å². The van der Waals surface area contributed by atoms with Gasteiger partial charge in [0.1, 0.15) is 30.0 Å². The number of aromatic nitrogens is 2. The number of alkyl halides is 1. The van der Waals surface area contributed by atoms with Gasteiger partial charge >= 0.3 is 12.1 Å². The van der Waals surface area contributed by atoms with Crippen LogP contribution in [0.25, 0.3) is 10.8 Å². The molecule has 15 heteroatoms. The van der Waals surface area contributed by atoms with Crippen LogP contribution in [0.15, 0.2) is 36.9 Å². The van der Waals surface area contributed by atoms with Crippen LogP contribution >= 0.6 is 0 Å². The fourth-order valence-corrected chi connectivity index (χ4v) is 8.66. The second-order valence-electron chi connectivity index (χ2n) is 15.3. The Morgan fingerprint density at radius 3 is 2.73 bits per heavy atom. The lowest BCUT2D eigenvalue weighted by molar-refractivity contribution is -0.126. The Bertz CT molecular complexity index is 2050. The number of carbonyl (C=O) groups excluding carboxylic acids is 2. The third-order valence-electron chi connectivity index (χ3n) is 11.5. The van der Waals surface area contributed by atoms with E-state index in [1.54, 1.807) is 30.7 Å². The summed E-state index contributed by atoms with van der Waals surface area (Å²) in [6, 6.07) is 5.02. The van der Waals surface area contributed by atoms with Crippen LogP contribution in [-0.4, -0.2) is 118 Å². The molecule has 0 bridgehead atoms. The number of rotatable bonds is 10. The Hall–Kier alpha value is -5.04. The monoisotopic (exact) mass is 760 g/mol. The van der Waals surface area contributed by atoms with Gasteiger partial charge in [-0.3, -0.25) is 14.6 Å². The van der Waals surface area contributed by atoms with Gasteiger partial charge in [-0.1, -0.05) is 18.6 Å². The predicted molar refractivity (Wildman–Crippen MR) is 201 cm³/mol. The summed E-state index contributed by atoms with van der Waals surface area (Å²) >= 11 is 0. The van der Waals surface area contributed by atoms with Crippen molar-refractivity contribution in [3.8, 4) is 29.9 Å². The van der Waals surface area contributed by atoms with Gasteiger partial charge in [0.2, 0.25) is 5.91 Å². The number of likely N-dealkylation sites (tertiary alicyclic amines) is 2. The molecule has 0 radical (unpaired) electrons. The van der Waals surface area contributed by atoms with Gasteiger partial charge in [-0.25, -0.2) is 13.6 Å². The number of fused-ring (bicyclic) bond motifs is 2. The molecule has 292 valence electrons. The van der Waals surface area contributed by atoms with Gasteiger partial charge in [-0.15, -0.1) is 6.42 Å². The van der Waals surface area contributed by atoms with Crippen molar-refractivity contribution in [2.45, 2.75) is 81.9 Å². The fourth-order valence-electron chi connectivity index (χ4n) is 8.66. The molecule has 3 aromatic rings. The van der Waals surface area contributed by atoms with E-state index in [4.69, 9.17) is 30.6 Å². The third kappa shape index (κ3) is 7.03. The first-order valence-electron chi connectivity index (χ1n) is 18.5. The topological polar surface area (TPSA) is 141 Å². The van der Waals surface area contributed by atoms with E-state index < -0.39 is 29.2 Å². The van der Waals surface area contributed by atoms with Crippen LogP contribution in [0, 0.1) is 18.2 Å². The number of nitrogens with zero attached hydrogens (tertiary/aromatic N) is 6. The number of likely N-dealkylation sites (N-methyl/N-ethyl adjacent to an activating group) is 1. The molecule has 4 aliphatic rings. The Kier molecular flexibility index (Phi) is 10.4. The molecule has 7 rings (SSSR count). The number of terminal acetylenes is 1. The van der Waals surface area contributed by atoms with E-state index >= 15 is 8.78 Å². The van der Waals surface area contributed by atoms with E-state index in [0.717, 1.165) is 12.8 Å². The highest BCUT2D eigenvalue weighted by molar-refractivity contribution is 6.06. The number of hydrogen-bond acceptors (Lipinski definition) is 11. The molecule has 0 saturated carbocycles. The molecule has 0 unspecified atom stereocenters. The van der Waals surface area contributed by atoms with Gasteiger partial charge in [0.05, 0.1) is 28.9 Å². The van der Waals surface area contributed by atoms with E-state index in [1.807, 2.05) is 4.90 Å². The van der Waals surface area contributed by atoms with Gasteiger partial charge in [-0.05, 0) is 63.1 Å². The maximum Gasteiger partial charge on any atom is 0.420 e. The second kappa shape index (κ2) is 14.9. The average Bonchev–Trinajstić information content (AvgIpc) is 3.77. The first kappa shape index (κ1) is 38.2. The number of halogens is 2. The quantitative estimate of drug-likeness (QED) is 0.220. The molecule has 3 atom stereocenters. The molecule has 0 aliphatic carbocycles. The summed E-state index contributed by atoms with van der Waals surface area (Å²) in [5.41, 5.74) is -2.32. The van der Waals surface area contributed by atoms with Crippen molar-refractivity contribution in [2.24, 2.45) is 0 Å². The van der Waals surface area contributed by atoms with E-state index in [1.165, 1.54) is 35.2 Å². The van der Waals surface area contributed by atoms with Crippen LogP contribution in [0.3, 0.4) is 0 Å². The molecule has 1 aromatic heterocycles. The molecule has 5 heterocycles. The summed E-state index contributed by atoms with van der Waals surface area (Å²) in [6.45, 7) is 8.63. The first-order chi connectivity index (χ1) is 26.2. The number of phenols is 1. The summed E-state index contributed by atoms with van der Waals surface area (Å²) in [4.78, 5) is 42.7. The lowest BCUT2D eigenvalue weighted by Crippen LogP contribution is -2.65. The zero-order valence-electron chi connectivity index (χ0n) is 31.3. The van der Waals surface area contributed by atoms with Crippen molar-refractivity contribution in [2.75, 3.05) is 56.3 Å². The minimum atomic E-state index is -1.41. The van der Waals surface area contributed by atoms with Gasteiger partial charge in [0.15, 0.2) is 11.6 Å². The maximum absolute atomic E-state index is 15.4. The molecular weight excluding hydrogens is 714 g/mol. The molecule has 4 aliphatic heterocycles. The number of anilines is 2. The maximum atomic E-state index is 15.4. The standard InChI is InChI=1S/C40H46F2N6O7/c1-6-29-30(42)11-10-24-17-28(49)18-32(34(24)29)47-22-31-35(55-38(47)51)36(45(5)21-27-9-8-14-46(27)33(50)7-2)44-37(43-31)54-23-40(39(3,4)52)19-25(41)20-48(40)26-12-15-53-16-13-26/h1,7,10-11,17-18,25-27,49,52H,2,8-9,12-16,19-23H2,3-5H3/t25-,27+,40+/m1/s1. The smallest absolute Gasteiger partial charge is 0.420 e. The largest absolute Gasteiger partial charge is 0.508 e. The first-order valence-corrected chi connectivity index (χ1v) is 18.5. The third-order valence-corrected chi connectivity index (χ3v) is 11.5. The van der Waals surface area contributed by atoms with Crippen molar-refractivity contribution in [1.82, 2.24) is 19.8 Å². The van der Waals surface area contributed by atoms with Gasteiger partial charge in [-0.2, -0.15) is 9.97 Å². The van der Waals surface area contributed by atoms with Crippen molar-refractivity contribution < 1.29 is 42.8 Å². The van der Waals surface area contributed by atoms with Crippen LogP contribution in [0.1, 0.15) is 57.2 Å². The molecule has 13 nitrogen and oxygen atoms in total. The number of aliphatic hydroxyl groups is 1. The summed E-state index contributed by atoms with van der Waals surface area (Å²) in [7, 11) is 1.75. The number of ether oxygens (including phenoxy) is 3. The average molecular weight is 761 g/mol. The summed E-state index contributed by atoms with van der Waals surface area (Å²) in [5.74, 6) is 1.56. The van der Waals surface area contributed by atoms with E-state index in [0.29, 0.717) is 44.5 Å². The van der Waals surface area contributed by atoms with E-state index in [9.17, 15) is 19.8 Å². The van der Waals surface area contributed by atoms with Crippen molar-refractivity contribution in [3.63, 3.8) is 0 Å². The summed E-state index contributed by atoms with van der Waals surface area (Å²) in [6.07, 6.45) is 7.85. The zero-order chi connectivity index (χ0) is 39.2. The lowest BCUT2D eigenvalue weighted by Gasteiger charge is -2.49. The van der Waals surface area contributed by atoms with Gasteiger partial charge in [0.25, 0.3) is 0 Å². The Morgan fingerprint density at radius 1 is 1.25 bits per heavy atom.